The summed E-state index contributed by atoms with van der Waals surface area (Å²) >= 11 is 0. The van der Waals surface area contributed by atoms with Crippen molar-refractivity contribution in [3.05, 3.63) is 52.2 Å². The van der Waals surface area contributed by atoms with E-state index in [1.807, 2.05) is 6.92 Å². The van der Waals surface area contributed by atoms with Crippen LogP contribution in [0.5, 0.6) is 0 Å². The maximum absolute atomic E-state index is 12.8. The molecule has 0 saturated carbocycles. The molecule has 0 aliphatic rings. The largest absolute Gasteiger partial charge is 0.326 e. The van der Waals surface area contributed by atoms with Crippen molar-refractivity contribution in [3.63, 3.8) is 0 Å². The highest BCUT2D eigenvalue weighted by atomic mass is 19.1. The summed E-state index contributed by atoms with van der Waals surface area (Å²) in [6, 6.07) is 7.34. The van der Waals surface area contributed by atoms with Crippen molar-refractivity contribution in [1.82, 2.24) is 9.97 Å². The number of hydrogen-bond acceptors (Lipinski definition) is 3. The van der Waals surface area contributed by atoms with Gasteiger partial charge in [0.1, 0.15) is 5.82 Å². The zero-order valence-corrected chi connectivity index (χ0v) is 10.0. The van der Waals surface area contributed by atoms with Crippen LogP contribution in [-0.4, -0.2) is 9.97 Å². The molecule has 18 heavy (non-hydrogen) atoms. The molecule has 94 valence electrons. The number of hydrogen-bond donors (Lipinski definition) is 2. The van der Waals surface area contributed by atoms with E-state index in [1.165, 1.54) is 18.2 Å². The maximum atomic E-state index is 12.8. The molecule has 1 heterocycles. The number of aryl methyl sites for hydroxylation is 1. The van der Waals surface area contributed by atoms with E-state index < -0.39 is 0 Å². The summed E-state index contributed by atoms with van der Waals surface area (Å²) in [7, 11) is 0. The summed E-state index contributed by atoms with van der Waals surface area (Å²) in [6.07, 6.45) is 1.68. The molecule has 1 aromatic heterocycles. The Bertz CT molecular complexity index is 578. The molecular formula is C13H14FN3O. The van der Waals surface area contributed by atoms with Crippen molar-refractivity contribution in [3.8, 4) is 0 Å². The first kappa shape index (κ1) is 12.3. The van der Waals surface area contributed by atoms with Crippen molar-refractivity contribution < 1.29 is 4.39 Å². The predicted molar refractivity (Wildman–Crippen MR) is 68.5 cm³/mol. The SMILES string of the molecule is CCCc1cc(=O)[nH]c(Nc2ccc(F)cc2)n1. The lowest BCUT2D eigenvalue weighted by Gasteiger charge is -2.06. The third-order valence-corrected chi connectivity index (χ3v) is 2.41. The van der Waals surface area contributed by atoms with Crippen LogP contribution in [0.4, 0.5) is 16.0 Å². The predicted octanol–water partition coefficient (Wildman–Crippen LogP) is 2.61. The van der Waals surface area contributed by atoms with Crippen molar-refractivity contribution in [2.24, 2.45) is 0 Å². The van der Waals surface area contributed by atoms with Crippen LogP contribution in [0.2, 0.25) is 0 Å². The molecule has 4 nitrogen and oxygen atoms in total. The number of halogens is 1. The maximum Gasteiger partial charge on any atom is 0.252 e. The van der Waals surface area contributed by atoms with Gasteiger partial charge in [-0.15, -0.1) is 0 Å². The quantitative estimate of drug-likeness (QED) is 0.873. The molecular weight excluding hydrogens is 233 g/mol. The number of benzene rings is 1. The van der Waals surface area contributed by atoms with Crippen LogP contribution in [0.1, 0.15) is 19.0 Å². The van der Waals surface area contributed by atoms with Gasteiger partial charge in [0, 0.05) is 17.4 Å². The van der Waals surface area contributed by atoms with Crippen LogP contribution < -0.4 is 10.9 Å². The molecule has 2 aromatic rings. The van der Waals surface area contributed by atoms with Crippen LogP contribution in [0, 0.1) is 5.82 Å². The lowest BCUT2D eigenvalue weighted by molar-refractivity contribution is 0.628. The van der Waals surface area contributed by atoms with E-state index in [0.29, 0.717) is 11.6 Å². The zero-order chi connectivity index (χ0) is 13.0. The van der Waals surface area contributed by atoms with Gasteiger partial charge in [0.25, 0.3) is 5.56 Å². The molecule has 1 aromatic carbocycles. The number of H-pyrrole nitrogens is 1. The second kappa shape index (κ2) is 5.44. The van der Waals surface area contributed by atoms with Gasteiger partial charge in [0.15, 0.2) is 0 Å². The Balaban J connectivity index is 2.23. The first-order valence-corrected chi connectivity index (χ1v) is 5.80. The standard InChI is InChI=1S/C13H14FN3O/c1-2-3-11-8-12(18)17-13(16-11)15-10-6-4-9(14)5-7-10/h4-8H,2-3H2,1H3,(H2,15,16,17,18). The molecule has 0 atom stereocenters. The van der Waals surface area contributed by atoms with Gasteiger partial charge in [-0.3, -0.25) is 9.78 Å². The Morgan fingerprint density at radius 3 is 2.72 bits per heavy atom. The molecule has 2 rings (SSSR count). The smallest absolute Gasteiger partial charge is 0.252 e. The minimum atomic E-state index is -0.304. The van der Waals surface area contributed by atoms with Crippen molar-refractivity contribution in [2.75, 3.05) is 5.32 Å². The van der Waals surface area contributed by atoms with Crippen molar-refractivity contribution in [2.45, 2.75) is 19.8 Å². The topological polar surface area (TPSA) is 57.8 Å². The Kier molecular flexibility index (Phi) is 3.72. The van der Waals surface area contributed by atoms with E-state index in [1.54, 1.807) is 12.1 Å². The first-order chi connectivity index (χ1) is 8.67. The second-order valence-corrected chi connectivity index (χ2v) is 3.97. The molecule has 0 spiro atoms. The first-order valence-electron chi connectivity index (χ1n) is 5.80. The molecule has 0 saturated heterocycles. The van der Waals surface area contributed by atoms with Gasteiger partial charge >= 0.3 is 0 Å². The number of rotatable bonds is 4. The van der Waals surface area contributed by atoms with Crippen molar-refractivity contribution >= 4 is 11.6 Å². The van der Waals surface area contributed by atoms with E-state index in [9.17, 15) is 9.18 Å². The average Bonchev–Trinajstić information content (AvgIpc) is 2.32. The van der Waals surface area contributed by atoms with Gasteiger partial charge in [-0.2, -0.15) is 0 Å². The molecule has 2 N–H and O–H groups in total. The zero-order valence-electron chi connectivity index (χ0n) is 10.0. The Hall–Kier alpha value is -2.17. The minimum absolute atomic E-state index is 0.196. The number of aromatic amines is 1. The highest BCUT2D eigenvalue weighted by Crippen LogP contribution is 2.12. The van der Waals surface area contributed by atoms with E-state index >= 15 is 0 Å². The summed E-state index contributed by atoms with van der Waals surface area (Å²) in [5, 5.41) is 2.94. The fraction of sp³-hybridized carbons (Fsp3) is 0.231. The van der Waals surface area contributed by atoms with Crippen LogP contribution in [0.25, 0.3) is 0 Å². The molecule has 0 radical (unpaired) electrons. The molecule has 0 amide bonds. The summed E-state index contributed by atoms with van der Waals surface area (Å²) in [5.74, 6) is 0.0688. The second-order valence-electron chi connectivity index (χ2n) is 3.97. The van der Waals surface area contributed by atoms with E-state index in [4.69, 9.17) is 0 Å². The summed E-state index contributed by atoms with van der Waals surface area (Å²) in [5.41, 5.74) is 1.22. The number of anilines is 2. The Labute approximate surface area is 104 Å². The molecule has 5 heteroatoms. The molecule has 0 aliphatic carbocycles. The fourth-order valence-electron chi connectivity index (χ4n) is 1.62. The molecule has 0 fully saturated rings. The third kappa shape index (κ3) is 3.16. The number of aromatic nitrogens is 2. The Morgan fingerprint density at radius 2 is 2.06 bits per heavy atom. The number of nitrogens with zero attached hydrogens (tertiary/aromatic N) is 1. The van der Waals surface area contributed by atoms with Gasteiger partial charge in [-0.05, 0) is 30.7 Å². The molecule has 0 aliphatic heterocycles. The van der Waals surface area contributed by atoms with Gasteiger partial charge in [-0.1, -0.05) is 13.3 Å². The lowest BCUT2D eigenvalue weighted by Crippen LogP contribution is -2.12. The van der Waals surface area contributed by atoms with Crippen LogP contribution >= 0.6 is 0 Å². The normalized spacial score (nSPS) is 10.3. The number of nitrogens with one attached hydrogen (secondary N) is 2. The highest BCUT2D eigenvalue weighted by molar-refractivity contribution is 5.52. The van der Waals surface area contributed by atoms with E-state index in [-0.39, 0.29) is 11.4 Å². The van der Waals surface area contributed by atoms with Crippen LogP contribution in [0.15, 0.2) is 35.1 Å². The third-order valence-electron chi connectivity index (χ3n) is 2.41. The molecule has 0 bridgehead atoms. The highest BCUT2D eigenvalue weighted by Gasteiger charge is 2.01. The van der Waals surface area contributed by atoms with E-state index in [0.717, 1.165) is 18.5 Å². The van der Waals surface area contributed by atoms with Crippen molar-refractivity contribution in [1.29, 1.82) is 0 Å². The van der Waals surface area contributed by atoms with E-state index in [2.05, 4.69) is 15.3 Å². The van der Waals surface area contributed by atoms with Gasteiger partial charge in [0.2, 0.25) is 5.95 Å². The fourth-order valence-corrected chi connectivity index (χ4v) is 1.62. The lowest BCUT2D eigenvalue weighted by atomic mass is 10.2. The van der Waals surface area contributed by atoms with Gasteiger partial charge in [-0.25, -0.2) is 9.37 Å². The average molecular weight is 247 g/mol. The van der Waals surface area contributed by atoms with Gasteiger partial charge < -0.3 is 5.32 Å². The monoisotopic (exact) mass is 247 g/mol. The summed E-state index contributed by atoms with van der Waals surface area (Å²) < 4.78 is 12.8. The minimum Gasteiger partial charge on any atom is -0.326 e. The molecule has 0 unspecified atom stereocenters. The van der Waals surface area contributed by atoms with Crippen LogP contribution in [0.3, 0.4) is 0 Å². The summed E-state index contributed by atoms with van der Waals surface area (Å²) in [6.45, 7) is 2.02. The summed E-state index contributed by atoms with van der Waals surface area (Å²) in [4.78, 5) is 18.3. The Morgan fingerprint density at radius 1 is 1.33 bits per heavy atom. The van der Waals surface area contributed by atoms with Crippen LogP contribution in [-0.2, 0) is 6.42 Å². The van der Waals surface area contributed by atoms with Gasteiger partial charge in [0.05, 0.1) is 0 Å².